The second-order valence-corrected chi connectivity index (χ2v) is 4.92. The van der Waals surface area contributed by atoms with Crippen LogP contribution in [0.25, 0.3) is 0 Å². The summed E-state index contributed by atoms with van der Waals surface area (Å²) in [7, 11) is 0. The first kappa shape index (κ1) is 13.4. The Morgan fingerprint density at radius 2 is 1.95 bits per heavy atom. The molecule has 0 aliphatic carbocycles. The lowest BCUT2D eigenvalue weighted by atomic mass is 10.1. The maximum atomic E-state index is 12.0. The Morgan fingerprint density at radius 1 is 1.21 bits per heavy atom. The fourth-order valence-corrected chi connectivity index (χ4v) is 2.27. The molecule has 0 radical (unpaired) electrons. The molecule has 1 heterocycles. The number of aromatic nitrogens is 1. The molecule has 3 heteroatoms. The Labute approximate surface area is 114 Å². The summed E-state index contributed by atoms with van der Waals surface area (Å²) in [5.74, 6) is 0.00279. The Bertz CT molecular complexity index is 584. The Balaban J connectivity index is 1.91. The smallest absolute Gasteiger partial charge is 0.251 e. The highest BCUT2D eigenvalue weighted by molar-refractivity contribution is 5.95. The quantitative estimate of drug-likeness (QED) is 0.868. The molecule has 0 spiro atoms. The van der Waals surface area contributed by atoms with Gasteiger partial charge < -0.3 is 10.3 Å². The lowest BCUT2D eigenvalue weighted by molar-refractivity contribution is 0.0953. The maximum absolute atomic E-state index is 12.0. The fraction of sp³-hybridized carbons (Fsp3) is 0.312. The first-order valence-corrected chi connectivity index (χ1v) is 6.57. The number of rotatable bonds is 4. The van der Waals surface area contributed by atoms with E-state index in [2.05, 4.69) is 23.3 Å². The fourth-order valence-electron chi connectivity index (χ4n) is 2.27. The zero-order chi connectivity index (χ0) is 13.8. The van der Waals surface area contributed by atoms with Crippen molar-refractivity contribution in [3.05, 3.63) is 58.4 Å². The summed E-state index contributed by atoms with van der Waals surface area (Å²) >= 11 is 0. The van der Waals surface area contributed by atoms with Gasteiger partial charge in [-0.3, -0.25) is 4.79 Å². The number of nitrogens with one attached hydrogen (secondary N) is 2. The molecule has 1 amide bonds. The van der Waals surface area contributed by atoms with Crippen LogP contribution in [0.2, 0.25) is 0 Å². The summed E-state index contributed by atoms with van der Waals surface area (Å²) in [5, 5.41) is 2.97. The van der Waals surface area contributed by atoms with E-state index in [4.69, 9.17) is 0 Å². The third-order valence-electron chi connectivity index (χ3n) is 3.33. The van der Waals surface area contributed by atoms with Crippen LogP contribution >= 0.6 is 0 Å². The van der Waals surface area contributed by atoms with E-state index in [9.17, 15) is 4.79 Å². The van der Waals surface area contributed by atoms with Gasteiger partial charge in [0.15, 0.2) is 0 Å². The molecule has 0 bridgehead atoms. The number of carbonyl (C=O) groups is 1. The molecule has 2 N–H and O–H groups in total. The summed E-state index contributed by atoms with van der Waals surface area (Å²) in [6.45, 7) is 6.72. The zero-order valence-corrected chi connectivity index (χ0v) is 11.7. The van der Waals surface area contributed by atoms with Gasteiger partial charge in [0.25, 0.3) is 5.91 Å². The van der Waals surface area contributed by atoms with Crippen molar-refractivity contribution in [3.63, 3.8) is 0 Å². The molecule has 19 heavy (non-hydrogen) atoms. The number of amides is 1. The van der Waals surface area contributed by atoms with Crippen LogP contribution in [0, 0.1) is 20.8 Å². The van der Waals surface area contributed by atoms with Gasteiger partial charge >= 0.3 is 0 Å². The van der Waals surface area contributed by atoms with E-state index in [0.29, 0.717) is 6.54 Å². The molecule has 0 atom stereocenters. The van der Waals surface area contributed by atoms with E-state index < -0.39 is 0 Å². The van der Waals surface area contributed by atoms with E-state index in [1.165, 1.54) is 11.3 Å². The molecule has 0 aliphatic rings. The van der Waals surface area contributed by atoms with Gasteiger partial charge in [0.2, 0.25) is 0 Å². The third kappa shape index (κ3) is 3.25. The number of aryl methyl sites for hydroxylation is 3. The van der Waals surface area contributed by atoms with Gasteiger partial charge in [-0.2, -0.15) is 0 Å². The lowest BCUT2D eigenvalue weighted by Crippen LogP contribution is -2.26. The van der Waals surface area contributed by atoms with Crippen LogP contribution in [-0.4, -0.2) is 17.4 Å². The first-order valence-electron chi connectivity index (χ1n) is 6.57. The van der Waals surface area contributed by atoms with Crippen LogP contribution in [-0.2, 0) is 6.42 Å². The van der Waals surface area contributed by atoms with Gasteiger partial charge in [-0.05, 0) is 50.5 Å². The molecule has 2 aromatic rings. The average Bonchev–Trinajstić information content (AvgIpc) is 2.68. The van der Waals surface area contributed by atoms with Crippen LogP contribution in [0.4, 0.5) is 0 Å². The number of hydrogen-bond donors (Lipinski definition) is 2. The minimum Gasteiger partial charge on any atom is -0.362 e. The van der Waals surface area contributed by atoms with E-state index in [0.717, 1.165) is 23.2 Å². The number of benzene rings is 1. The van der Waals surface area contributed by atoms with Crippen molar-refractivity contribution in [1.82, 2.24) is 10.3 Å². The third-order valence-corrected chi connectivity index (χ3v) is 3.33. The van der Waals surface area contributed by atoms with Crippen LogP contribution in [0.15, 0.2) is 30.3 Å². The van der Waals surface area contributed by atoms with E-state index in [-0.39, 0.29) is 5.91 Å². The van der Waals surface area contributed by atoms with Gasteiger partial charge in [-0.25, -0.2) is 0 Å². The number of carbonyl (C=O) groups excluding carboxylic acids is 1. The Hall–Kier alpha value is -2.03. The highest BCUT2D eigenvalue weighted by Gasteiger charge is 2.08. The highest BCUT2D eigenvalue weighted by atomic mass is 16.1. The van der Waals surface area contributed by atoms with Gasteiger partial charge in [0, 0.05) is 23.5 Å². The molecule has 1 aromatic carbocycles. The molecule has 3 nitrogen and oxygen atoms in total. The first-order chi connectivity index (χ1) is 9.08. The van der Waals surface area contributed by atoms with E-state index in [1.807, 2.05) is 38.1 Å². The van der Waals surface area contributed by atoms with Crippen molar-refractivity contribution in [2.45, 2.75) is 27.2 Å². The molecule has 0 fully saturated rings. The van der Waals surface area contributed by atoms with Gasteiger partial charge in [-0.15, -0.1) is 0 Å². The molecule has 1 aromatic heterocycles. The molecule has 100 valence electrons. The summed E-state index contributed by atoms with van der Waals surface area (Å²) < 4.78 is 0. The topological polar surface area (TPSA) is 44.9 Å². The molecule has 0 aliphatic heterocycles. The summed E-state index contributed by atoms with van der Waals surface area (Å²) in [5.41, 5.74) is 5.38. The van der Waals surface area contributed by atoms with E-state index in [1.54, 1.807) is 0 Å². The predicted molar refractivity (Wildman–Crippen MR) is 77.5 cm³/mol. The van der Waals surface area contributed by atoms with Crippen LogP contribution in [0.3, 0.4) is 0 Å². The molecule has 0 saturated carbocycles. The van der Waals surface area contributed by atoms with Crippen molar-refractivity contribution in [3.8, 4) is 0 Å². The SMILES string of the molecule is Cc1cc(CCNC(=O)c2ccccc2C)c(C)[nH]1. The van der Waals surface area contributed by atoms with Crippen molar-refractivity contribution >= 4 is 5.91 Å². The van der Waals surface area contributed by atoms with Gasteiger partial charge in [-0.1, -0.05) is 18.2 Å². The van der Waals surface area contributed by atoms with Crippen LogP contribution in [0.5, 0.6) is 0 Å². The molecular weight excluding hydrogens is 236 g/mol. The lowest BCUT2D eigenvalue weighted by Gasteiger charge is -2.07. The van der Waals surface area contributed by atoms with Crippen molar-refractivity contribution in [2.75, 3.05) is 6.54 Å². The Morgan fingerprint density at radius 3 is 2.58 bits per heavy atom. The Kier molecular flexibility index (Phi) is 4.05. The molecular formula is C16H20N2O. The summed E-state index contributed by atoms with van der Waals surface area (Å²) in [6, 6.07) is 9.78. The summed E-state index contributed by atoms with van der Waals surface area (Å²) in [6.07, 6.45) is 0.855. The number of aromatic amines is 1. The molecule has 2 rings (SSSR count). The van der Waals surface area contributed by atoms with Crippen molar-refractivity contribution in [1.29, 1.82) is 0 Å². The van der Waals surface area contributed by atoms with Crippen LogP contribution in [0.1, 0.15) is 32.9 Å². The standard InChI is InChI=1S/C16H20N2O/c1-11-6-4-5-7-15(11)16(19)17-9-8-14-10-12(2)18-13(14)3/h4-7,10,18H,8-9H2,1-3H3,(H,17,19). The molecule has 0 saturated heterocycles. The largest absolute Gasteiger partial charge is 0.362 e. The van der Waals surface area contributed by atoms with Crippen molar-refractivity contribution < 1.29 is 4.79 Å². The van der Waals surface area contributed by atoms with Gasteiger partial charge in [0.05, 0.1) is 0 Å². The number of hydrogen-bond acceptors (Lipinski definition) is 1. The average molecular weight is 256 g/mol. The maximum Gasteiger partial charge on any atom is 0.251 e. The summed E-state index contributed by atoms with van der Waals surface area (Å²) in [4.78, 5) is 15.3. The van der Waals surface area contributed by atoms with E-state index >= 15 is 0 Å². The zero-order valence-electron chi connectivity index (χ0n) is 11.7. The van der Waals surface area contributed by atoms with Crippen LogP contribution < -0.4 is 5.32 Å². The second-order valence-electron chi connectivity index (χ2n) is 4.92. The van der Waals surface area contributed by atoms with Gasteiger partial charge in [0.1, 0.15) is 0 Å². The highest BCUT2D eigenvalue weighted by Crippen LogP contribution is 2.10. The minimum atomic E-state index is 0.00279. The normalized spacial score (nSPS) is 10.5. The molecule has 0 unspecified atom stereocenters. The predicted octanol–water partition coefficient (Wildman–Crippen LogP) is 2.91. The second kappa shape index (κ2) is 5.74. The monoisotopic (exact) mass is 256 g/mol. The minimum absolute atomic E-state index is 0.00279. The van der Waals surface area contributed by atoms with Crippen molar-refractivity contribution in [2.24, 2.45) is 0 Å². The number of H-pyrrole nitrogens is 1.